The van der Waals surface area contributed by atoms with Crippen LogP contribution in [-0.2, 0) is 16.0 Å². The van der Waals surface area contributed by atoms with Gasteiger partial charge in [-0.05, 0) is 12.8 Å². The van der Waals surface area contributed by atoms with Gasteiger partial charge in [0.05, 0.1) is 7.11 Å². The third kappa shape index (κ3) is 2.69. The van der Waals surface area contributed by atoms with Crippen LogP contribution in [-0.4, -0.2) is 37.9 Å². The number of H-pyrrole nitrogens is 1. The highest BCUT2D eigenvalue weighted by Gasteiger charge is 2.22. The monoisotopic (exact) mass is 296 g/mol. The molecule has 7 nitrogen and oxygen atoms in total. The second kappa shape index (κ2) is 6.08. The first-order valence-corrected chi connectivity index (χ1v) is 7.20. The van der Waals surface area contributed by atoms with E-state index in [9.17, 15) is 9.59 Å². The Hall–Kier alpha value is -1.83. The van der Waals surface area contributed by atoms with E-state index in [1.165, 1.54) is 24.9 Å². The summed E-state index contributed by atoms with van der Waals surface area (Å²) in [6.45, 7) is 3.85. The van der Waals surface area contributed by atoms with Crippen molar-refractivity contribution in [2.24, 2.45) is 0 Å². The average molecular weight is 296 g/mol. The number of esters is 1. The van der Waals surface area contributed by atoms with Gasteiger partial charge in [0.2, 0.25) is 5.78 Å². The molecule has 1 atom stereocenters. The number of aromatic amines is 1. The minimum absolute atomic E-state index is 0.210. The smallest absolute Gasteiger partial charge is 0.319 e. The maximum atomic E-state index is 11.7. The van der Waals surface area contributed by atoms with E-state index in [0.29, 0.717) is 23.8 Å². The van der Waals surface area contributed by atoms with E-state index < -0.39 is 0 Å². The van der Waals surface area contributed by atoms with Crippen LogP contribution in [0.1, 0.15) is 26.0 Å². The molecule has 0 fully saturated rings. The molecule has 2 aromatic heterocycles. The summed E-state index contributed by atoms with van der Waals surface area (Å²) in [5.41, 5.74) is 0.592. The quantitative estimate of drug-likeness (QED) is 0.654. The van der Waals surface area contributed by atoms with Gasteiger partial charge < -0.3 is 4.74 Å². The number of hydrogen-bond acceptors (Lipinski definition) is 6. The van der Waals surface area contributed by atoms with E-state index in [2.05, 4.69) is 15.2 Å². The van der Waals surface area contributed by atoms with Crippen LogP contribution >= 0.6 is 11.8 Å². The second-order valence-electron chi connectivity index (χ2n) is 4.16. The SMILES string of the molecule is CCc1cc(=O)[nH]c2nnc(S[C@@H](CC)C(=O)OC)n12. The number of thioether (sulfide) groups is 1. The number of nitrogens with zero attached hydrogens (tertiary/aromatic N) is 3. The number of aryl methyl sites for hydroxylation is 1. The normalized spacial score (nSPS) is 12.6. The molecular formula is C12H16N4O3S. The van der Waals surface area contributed by atoms with Gasteiger partial charge in [-0.3, -0.25) is 19.0 Å². The molecule has 2 heterocycles. The molecule has 0 aromatic carbocycles. The van der Waals surface area contributed by atoms with E-state index in [4.69, 9.17) is 4.74 Å². The number of aromatic nitrogens is 4. The molecule has 0 saturated carbocycles. The fraction of sp³-hybridized carbons (Fsp3) is 0.500. The van der Waals surface area contributed by atoms with E-state index in [1.54, 1.807) is 4.40 Å². The number of methoxy groups -OCH3 is 1. The molecular weight excluding hydrogens is 280 g/mol. The molecule has 1 N–H and O–H groups in total. The zero-order valence-corrected chi connectivity index (χ0v) is 12.4. The molecule has 0 saturated heterocycles. The molecule has 108 valence electrons. The minimum Gasteiger partial charge on any atom is -0.468 e. The third-order valence-electron chi connectivity index (χ3n) is 2.90. The summed E-state index contributed by atoms with van der Waals surface area (Å²) in [6.07, 6.45) is 1.29. The van der Waals surface area contributed by atoms with E-state index in [1.807, 2.05) is 13.8 Å². The van der Waals surface area contributed by atoms with Crippen molar-refractivity contribution in [3.05, 3.63) is 22.1 Å². The Bertz CT molecular complexity index is 679. The van der Waals surface area contributed by atoms with Crippen molar-refractivity contribution < 1.29 is 9.53 Å². The second-order valence-corrected chi connectivity index (χ2v) is 5.33. The number of hydrogen-bond donors (Lipinski definition) is 1. The van der Waals surface area contributed by atoms with Gasteiger partial charge in [-0.1, -0.05) is 25.6 Å². The molecule has 0 aliphatic heterocycles. The van der Waals surface area contributed by atoms with Gasteiger partial charge in [-0.15, -0.1) is 10.2 Å². The van der Waals surface area contributed by atoms with Crippen molar-refractivity contribution in [2.45, 2.75) is 37.1 Å². The van der Waals surface area contributed by atoms with Crippen LogP contribution in [0.5, 0.6) is 0 Å². The van der Waals surface area contributed by atoms with Crippen LogP contribution in [0.2, 0.25) is 0 Å². The Balaban J connectivity index is 2.45. The van der Waals surface area contributed by atoms with Gasteiger partial charge in [0.25, 0.3) is 5.56 Å². The maximum absolute atomic E-state index is 11.7. The first kappa shape index (κ1) is 14.6. The molecule has 0 radical (unpaired) electrons. The lowest BCUT2D eigenvalue weighted by atomic mass is 10.3. The molecule has 2 aromatic rings. The highest BCUT2D eigenvalue weighted by atomic mass is 32.2. The van der Waals surface area contributed by atoms with E-state index in [-0.39, 0.29) is 16.8 Å². The Kier molecular flexibility index (Phi) is 4.43. The fourth-order valence-corrected chi connectivity index (χ4v) is 2.88. The van der Waals surface area contributed by atoms with Crippen molar-refractivity contribution in [1.29, 1.82) is 0 Å². The first-order chi connectivity index (χ1) is 9.60. The Morgan fingerprint density at radius 2 is 2.25 bits per heavy atom. The Labute approximate surface area is 119 Å². The number of carbonyl (C=O) groups is 1. The van der Waals surface area contributed by atoms with Gasteiger partial charge in [-0.25, -0.2) is 0 Å². The van der Waals surface area contributed by atoms with Crippen LogP contribution in [0.3, 0.4) is 0 Å². The van der Waals surface area contributed by atoms with Crippen molar-refractivity contribution in [2.75, 3.05) is 7.11 Å². The number of nitrogens with one attached hydrogen (secondary N) is 1. The predicted molar refractivity (Wildman–Crippen MR) is 74.9 cm³/mol. The Morgan fingerprint density at radius 3 is 2.85 bits per heavy atom. The highest BCUT2D eigenvalue weighted by Crippen LogP contribution is 2.25. The largest absolute Gasteiger partial charge is 0.468 e. The summed E-state index contributed by atoms with van der Waals surface area (Å²) < 4.78 is 6.53. The summed E-state index contributed by atoms with van der Waals surface area (Å²) >= 11 is 1.29. The fourth-order valence-electron chi connectivity index (χ4n) is 1.87. The van der Waals surface area contributed by atoms with Crippen LogP contribution in [0.15, 0.2) is 16.0 Å². The van der Waals surface area contributed by atoms with Crippen LogP contribution in [0, 0.1) is 0 Å². The number of carbonyl (C=O) groups excluding carboxylic acids is 1. The van der Waals surface area contributed by atoms with Crippen molar-refractivity contribution in [1.82, 2.24) is 19.6 Å². The molecule has 0 bridgehead atoms. The summed E-state index contributed by atoms with van der Waals surface area (Å²) in [5, 5.41) is 8.22. The molecule has 0 aliphatic rings. The minimum atomic E-state index is -0.343. The first-order valence-electron chi connectivity index (χ1n) is 6.32. The average Bonchev–Trinajstić information content (AvgIpc) is 2.85. The van der Waals surface area contributed by atoms with Crippen LogP contribution < -0.4 is 5.56 Å². The van der Waals surface area contributed by atoms with Gasteiger partial charge in [0.15, 0.2) is 5.16 Å². The topological polar surface area (TPSA) is 89.4 Å². The lowest BCUT2D eigenvalue weighted by Crippen LogP contribution is -2.18. The number of ether oxygens (including phenoxy) is 1. The standard InChI is InChI=1S/C12H16N4O3S/c1-4-7-6-9(17)13-11-14-15-12(16(7)11)20-8(5-2)10(18)19-3/h6,8H,4-5H2,1-3H3,(H,13,14,17)/t8-/m0/s1. The lowest BCUT2D eigenvalue weighted by Gasteiger charge is -2.11. The third-order valence-corrected chi connectivity index (χ3v) is 4.18. The van der Waals surface area contributed by atoms with Crippen molar-refractivity contribution in [3.63, 3.8) is 0 Å². The zero-order valence-electron chi connectivity index (χ0n) is 11.5. The number of rotatable bonds is 5. The Morgan fingerprint density at radius 1 is 1.50 bits per heavy atom. The van der Waals surface area contributed by atoms with Crippen molar-refractivity contribution in [3.8, 4) is 0 Å². The van der Waals surface area contributed by atoms with Gasteiger partial charge in [-0.2, -0.15) is 0 Å². The molecule has 0 amide bonds. The summed E-state index contributed by atoms with van der Waals surface area (Å²) in [4.78, 5) is 25.8. The van der Waals surface area contributed by atoms with Crippen LogP contribution in [0.25, 0.3) is 5.78 Å². The van der Waals surface area contributed by atoms with E-state index in [0.717, 1.165) is 5.69 Å². The molecule has 0 unspecified atom stereocenters. The van der Waals surface area contributed by atoms with Crippen LogP contribution in [0.4, 0.5) is 0 Å². The lowest BCUT2D eigenvalue weighted by molar-refractivity contribution is -0.140. The predicted octanol–water partition coefficient (Wildman–Crippen LogP) is 1.02. The molecule has 2 rings (SSSR count). The van der Waals surface area contributed by atoms with Gasteiger partial charge in [0, 0.05) is 11.8 Å². The van der Waals surface area contributed by atoms with Gasteiger partial charge in [0.1, 0.15) is 5.25 Å². The molecule has 0 aliphatic carbocycles. The summed E-state index contributed by atoms with van der Waals surface area (Å²) in [6, 6.07) is 1.51. The molecule has 0 spiro atoms. The van der Waals surface area contributed by atoms with E-state index >= 15 is 0 Å². The zero-order chi connectivity index (χ0) is 14.7. The van der Waals surface area contributed by atoms with Crippen molar-refractivity contribution >= 4 is 23.5 Å². The highest BCUT2D eigenvalue weighted by molar-refractivity contribution is 8.00. The number of fused-ring (bicyclic) bond motifs is 1. The molecule has 20 heavy (non-hydrogen) atoms. The maximum Gasteiger partial charge on any atom is 0.319 e. The molecule has 8 heteroatoms. The van der Waals surface area contributed by atoms with Gasteiger partial charge >= 0.3 is 5.97 Å². The summed E-state index contributed by atoms with van der Waals surface area (Å²) in [7, 11) is 1.36. The summed E-state index contributed by atoms with van der Waals surface area (Å²) in [5.74, 6) is 0.0910.